The molecule has 0 bridgehead atoms. The molecular formula is C98H74IrN4S+2. The van der Waals surface area contributed by atoms with E-state index in [1.54, 1.807) is 0 Å². The van der Waals surface area contributed by atoms with E-state index in [9.17, 15) is 0 Å². The molecule has 21 rings (SSSR count). The van der Waals surface area contributed by atoms with Crippen LogP contribution in [0.4, 0.5) is 0 Å². The van der Waals surface area contributed by atoms with Crippen molar-refractivity contribution in [3.8, 4) is 89.5 Å². The predicted molar refractivity (Wildman–Crippen MR) is 430 cm³/mol. The van der Waals surface area contributed by atoms with Gasteiger partial charge in [0.1, 0.15) is 0 Å². The average Bonchev–Trinajstić information content (AvgIpc) is 1.69. The van der Waals surface area contributed by atoms with Crippen LogP contribution in [0.15, 0.2) is 358 Å². The van der Waals surface area contributed by atoms with Crippen LogP contribution in [0.1, 0.15) is 33.4 Å². The summed E-state index contributed by atoms with van der Waals surface area (Å²) in [5, 5.41) is 10.6. The number of hydrogen-bond donors (Lipinski definition) is 0. The molecule has 104 heavy (non-hydrogen) atoms. The van der Waals surface area contributed by atoms with Crippen LogP contribution in [0.3, 0.4) is 0 Å². The molecule has 3 aliphatic heterocycles. The summed E-state index contributed by atoms with van der Waals surface area (Å²) in [6.45, 7) is 9.41. The summed E-state index contributed by atoms with van der Waals surface area (Å²) < 4.78 is 9.69. The maximum atomic E-state index is 4.32. The predicted octanol–water partition coefficient (Wildman–Crippen LogP) is 23.7. The molecule has 3 aliphatic rings. The third-order valence-corrected chi connectivity index (χ3v) is 21.6. The van der Waals surface area contributed by atoms with Crippen LogP contribution in [-0.4, -0.2) is 4.98 Å². The molecule has 499 valence electrons. The van der Waals surface area contributed by atoms with Gasteiger partial charge in [0, 0.05) is 98.6 Å². The van der Waals surface area contributed by atoms with Crippen molar-refractivity contribution in [2.45, 2.75) is 40.4 Å². The Bertz CT molecular complexity index is 6110. The first kappa shape index (κ1) is 66.6. The number of thiophene rings is 1. The van der Waals surface area contributed by atoms with Crippen LogP contribution in [-0.2, 0) is 39.7 Å². The zero-order chi connectivity index (χ0) is 69.2. The first-order valence-corrected chi connectivity index (χ1v) is 36.3. The SMILES string of the molecule is Cc1cccc(C)c1-c1ccc2[n+](c1)Cc1ccccc1-2.Cc1cccnc1-c1[c-]cccc1.[Ir].c1cc(-c2ccc3c4ccccc4c4ccccc4c3c2)cc(-c2cccc3c2sc2ccccc23)c1.c1ccc(-c2ccc3[n+](c2)Cc2ccccc2-3)cc1.c1ccc2c(c1)C[n+]1ccccc1-2. The monoisotopic (exact) mass is 1530 g/mol. The number of rotatable bonds is 5. The van der Waals surface area contributed by atoms with E-state index in [-0.39, 0.29) is 20.1 Å². The van der Waals surface area contributed by atoms with Crippen molar-refractivity contribution in [2.75, 3.05) is 0 Å². The van der Waals surface area contributed by atoms with Gasteiger partial charge >= 0.3 is 0 Å². The fourth-order valence-electron chi connectivity index (χ4n) is 15.4. The normalized spacial score (nSPS) is 11.6. The van der Waals surface area contributed by atoms with Gasteiger partial charge in [-0.2, -0.15) is 13.7 Å². The molecule has 0 atom stereocenters. The van der Waals surface area contributed by atoms with Crippen LogP contribution >= 0.6 is 11.3 Å². The molecule has 0 aliphatic carbocycles. The number of fused-ring (bicyclic) bond motifs is 18. The smallest absolute Gasteiger partial charge is 0.213 e. The van der Waals surface area contributed by atoms with E-state index in [1.807, 2.05) is 47.9 Å². The molecule has 0 amide bonds. The van der Waals surface area contributed by atoms with Gasteiger partial charge in [-0.3, -0.25) is 0 Å². The Kier molecular flexibility index (Phi) is 19.0. The minimum Gasteiger partial charge on any atom is -0.304 e. The van der Waals surface area contributed by atoms with E-state index >= 15 is 0 Å². The summed E-state index contributed by atoms with van der Waals surface area (Å²) in [7, 11) is 0. The fraction of sp³-hybridized carbons (Fsp3) is 0.0612. The van der Waals surface area contributed by atoms with E-state index in [1.165, 1.54) is 164 Å². The molecule has 0 N–H and O–H groups in total. The maximum Gasteiger partial charge on any atom is 0.213 e. The van der Waals surface area contributed by atoms with Crippen molar-refractivity contribution < 1.29 is 33.8 Å². The summed E-state index contributed by atoms with van der Waals surface area (Å²) in [6.07, 6.45) is 8.49. The Morgan fingerprint density at radius 3 is 1.44 bits per heavy atom. The Morgan fingerprint density at radius 2 is 0.788 bits per heavy atom. The van der Waals surface area contributed by atoms with Crippen LogP contribution in [0.25, 0.3) is 142 Å². The molecule has 5 aromatic heterocycles. The van der Waals surface area contributed by atoms with Crippen LogP contribution in [0, 0.1) is 26.8 Å². The Morgan fingerprint density at radius 1 is 0.317 bits per heavy atom. The van der Waals surface area contributed by atoms with Crippen molar-refractivity contribution in [2.24, 2.45) is 0 Å². The van der Waals surface area contributed by atoms with Gasteiger partial charge in [0.2, 0.25) is 17.1 Å². The van der Waals surface area contributed by atoms with Crippen molar-refractivity contribution >= 4 is 63.8 Å². The molecule has 0 fully saturated rings. The summed E-state index contributed by atoms with van der Waals surface area (Å²) in [5.41, 5.74) is 28.5. The van der Waals surface area contributed by atoms with Gasteiger partial charge < -0.3 is 4.98 Å². The van der Waals surface area contributed by atoms with Crippen molar-refractivity contribution in [3.05, 3.63) is 398 Å². The molecule has 4 nitrogen and oxygen atoms in total. The first-order valence-electron chi connectivity index (χ1n) is 35.5. The van der Waals surface area contributed by atoms with E-state index in [4.69, 9.17) is 0 Å². The number of hydrogen-bond acceptors (Lipinski definition) is 2. The first-order chi connectivity index (χ1) is 50.8. The molecule has 13 aromatic carbocycles. The van der Waals surface area contributed by atoms with Gasteiger partial charge in [0.15, 0.2) is 38.2 Å². The second-order valence-corrected chi connectivity index (χ2v) is 27.9. The van der Waals surface area contributed by atoms with Gasteiger partial charge in [0.05, 0.1) is 16.7 Å². The third-order valence-electron chi connectivity index (χ3n) is 20.4. The second-order valence-electron chi connectivity index (χ2n) is 26.8. The molecule has 0 spiro atoms. The Hall–Kier alpha value is -11.9. The molecule has 0 saturated carbocycles. The number of pyridine rings is 4. The fourth-order valence-corrected chi connectivity index (χ4v) is 16.7. The second kappa shape index (κ2) is 29.6. The molecule has 0 saturated heterocycles. The molecule has 18 aromatic rings. The molecular weight excluding hydrogens is 1460 g/mol. The summed E-state index contributed by atoms with van der Waals surface area (Å²) in [5.74, 6) is 0. The summed E-state index contributed by atoms with van der Waals surface area (Å²) in [6, 6.07) is 122. The number of aryl methyl sites for hydroxylation is 3. The third kappa shape index (κ3) is 13.2. The largest absolute Gasteiger partial charge is 0.304 e. The van der Waals surface area contributed by atoms with Gasteiger partial charge in [-0.25, -0.2) is 0 Å². The zero-order valence-electron chi connectivity index (χ0n) is 58.2. The van der Waals surface area contributed by atoms with Gasteiger partial charge in [-0.1, -0.05) is 230 Å². The van der Waals surface area contributed by atoms with Crippen molar-refractivity contribution in [1.82, 2.24) is 4.98 Å². The number of nitrogens with zero attached hydrogens (tertiary/aromatic N) is 4. The van der Waals surface area contributed by atoms with E-state index in [0.717, 1.165) is 30.9 Å². The minimum absolute atomic E-state index is 0. The van der Waals surface area contributed by atoms with E-state index in [0.29, 0.717) is 0 Å². The summed E-state index contributed by atoms with van der Waals surface area (Å²) in [4.78, 5) is 4.32. The van der Waals surface area contributed by atoms with Crippen molar-refractivity contribution in [1.29, 1.82) is 0 Å². The maximum absolute atomic E-state index is 4.32. The van der Waals surface area contributed by atoms with E-state index in [2.05, 4.69) is 367 Å². The minimum atomic E-state index is 0. The van der Waals surface area contributed by atoms with Crippen molar-refractivity contribution in [3.63, 3.8) is 0 Å². The van der Waals surface area contributed by atoms with Crippen LogP contribution in [0.5, 0.6) is 0 Å². The quantitative estimate of drug-likeness (QED) is 0.0957. The standard InChI is InChI=1S/C36H22S.C20H18N.C18H14N.2C12H10N.Ir/c1-2-13-29-27(11-1)28-12-3-4-14-30(28)34-22-24(19-20-31(29)34)23-9-7-10-25(21-23)26-16-8-17-33-32-15-5-6-18-35(32)37-36(26)33;1-14-6-5-7-15(2)20(14)17-10-11-19-18-9-4-3-8-16(18)12-21(19)13-17;1-2-6-14(7-3-1)15-10-11-18-17-9-5-4-8-16(17)13-19(18)12-15;1-2-6-11-10(5-1)9-13-8-4-3-7-12(11)13;1-10-6-5-9-13-12(10)11-7-3-2-4-8-11;/h1-22H;3-11,13H,12H2,1-2H3;1-12H,13H2;1-8H,9H2;2-7,9H,1H3;/q;3*+1;-1;. The van der Waals surface area contributed by atoms with Crippen LogP contribution < -0.4 is 13.7 Å². The van der Waals surface area contributed by atoms with Gasteiger partial charge in [-0.05, 0) is 164 Å². The number of benzene rings is 13. The zero-order valence-corrected chi connectivity index (χ0v) is 61.4. The molecule has 8 heterocycles. The van der Waals surface area contributed by atoms with Gasteiger partial charge in [-0.15, -0.1) is 47.2 Å². The van der Waals surface area contributed by atoms with E-state index < -0.39 is 0 Å². The Balaban J connectivity index is 0.000000107. The molecule has 6 heteroatoms. The number of aromatic nitrogens is 4. The topological polar surface area (TPSA) is 24.5 Å². The summed E-state index contributed by atoms with van der Waals surface area (Å²) >= 11 is 1.89. The average molecular weight is 1530 g/mol. The van der Waals surface area contributed by atoms with Crippen LogP contribution in [0.2, 0.25) is 0 Å². The van der Waals surface area contributed by atoms with Gasteiger partial charge in [0.25, 0.3) is 0 Å². The molecule has 0 unspecified atom stereocenters. The molecule has 1 radical (unpaired) electrons. The Labute approximate surface area is 625 Å².